The summed E-state index contributed by atoms with van der Waals surface area (Å²) in [5.41, 5.74) is 1.67. The second-order valence-corrected chi connectivity index (χ2v) is 11.0. The van der Waals surface area contributed by atoms with Crippen LogP contribution in [0.5, 0.6) is 0 Å². The lowest BCUT2D eigenvalue weighted by Gasteiger charge is -2.50. The molecule has 0 heterocycles. The van der Waals surface area contributed by atoms with Crippen LogP contribution in [-0.4, -0.2) is 11.1 Å². The molecule has 2 fully saturated rings. The highest BCUT2D eigenvalue weighted by Crippen LogP contribution is 2.62. The average molecular weight is 416 g/mol. The molecule has 0 bridgehead atoms. The van der Waals surface area contributed by atoms with Crippen LogP contribution < -0.4 is 0 Å². The van der Waals surface area contributed by atoms with Crippen molar-refractivity contribution in [3.8, 4) is 6.07 Å². The molecule has 0 aliphatic heterocycles. The minimum Gasteiger partial charge on any atom is -0.481 e. The van der Waals surface area contributed by atoms with Gasteiger partial charge in [-0.2, -0.15) is 5.26 Å². The molecule has 6 atom stereocenters. The average Bonchev–Trinajstić information content (AvgIpc) is 3.02. The number of hydrogen-bond acceptors (Lipinski definition) is 2. The van der Waals surface area contributed by atoms with Crippen molar-refractivity contribution in [3.63, 3.8) is 0 Å². The highest BCUT2D eigenvalue weighted by molar-refractivity contribution is 5.67. The van der Waals surface area contributed by atoms with Crippen LogP contribution in [0.4, 0.5) is 0 Å². The van der Waals surface area contributed by atoms with Gasteiger partial charge < -0.3 is 5.11 Å². The van der Waals surface area contributed by atoms with E-state index in [9.17, 15) is 9.90 Å². The van der Waals surface area contributed by atoms with Gasteiger partial charge in [0.05, 0.1) is 6.07 Å². The fraction of sp³-hybridized carbons (Fsp3) is 0.852. The maximum atomic E-state index is 11.8. The minimum absolute atomic E-state index is 0.265. The van der Waals surface area contributed by atoms with E-state index in [0.717, 1.165) is 37.0 Å². The fourth-order valence-corrected chi connectivity index (χ4v) is 7.03. The zero-order valence-corrected chi connectivity index (χ0v) is 20.1. The minimum atomic E-state index is -0.639. The van der Waals surface area contributed by atoms with Crippen molar-refractivity contribution in [3.05, 3.63) is 11.6 Å². The van der Waals surface area contributed by atoms with Crippen LogP contribution in [0.2, 0.25) is 0 Å². The number of unbranched alkanes of at least 4 members (excludes halogenated alkanes) is 2. The molecule has 30 heavy (non-hydrogen) atoms. The standard InChI is InChI=1S/C27H45NO2/c1-19(2)10-9-12-21(4)24-13-14-25-23(18-26(29)30)22(15-16-27(24,25)5)20(3)11-7-6-8-17-28/h11,19,21-25H,6-10,12-16,18H2,1-5H3,(H,29,30)/b20-11+/t21-,22-,23-,24-,25+,27-/m1/s1. The third-order valence-corrected chi connectivity index (χ3v) is 8.59. The lowest BCUT2D eigenvalue weighted by atomic mass is 9.54. The Kier molecular flexibility index (Phi) is 9.45. The number of carbonyl (C=O) groups is 1. The van der Waals surface area contributed by atoms with Gasteiger partial charge in [0, 0.05) is 12.8 Å². The van der Waals surface area contributed by atoms with Crippen LogP contribution >= 0.6 is 0 Å². The van der Waals surface area contributed by atoms with E-state index in [4.69, 9.17) is 5.26 Å². The number of hydrogen-bond donors (Lipinski definition) is 1. The van der Waals surface area contributed by atoms with E-state index in [1.807, 2.05) is 0 Å². The second kappa shape index (κ2) is 11.4. The Morgan fingerprint density at radius 2 is 1.93 bits per heavy atom. The van der Waals surface area contributed by atoms with Crippen LogP contribution in [0.25, 0.3) is 0 Å². The van der Waals surface area contributed by atoms with E-state index in [1.165, 1.54) is 44.1 Å². The molecule has 0 aromatic carbocycles. The molecule has 0 radical (unpaired) electrons. The molecule has 2 saturated carbocycles. The molecule has 2 rings (SSSR count). The topological polar surface area (TPSA) is 61.1 Å². The number of carboxylic acid groups (broad SMARTS) is 1. The summed E-state index contributed by atoms with van der Waals surface area (Å²) in [7, 11) is 0. The van der Waals surface area contributed by atoms with E-state index >= 15 is 0 Å². The largest absolute Gasteiger partial charge is 0.481 e. The molecule has 0 spiro atoms. The van der Waals surface area contributed by atoms with Gasteiger partial charge in [0.15, 0.2) is 0 Å². The van der Waals surface area contributed by atoms with Crippen molar-refractivity contribution in [1.29, 1.82) is 5.26 Å². The van der Waals surface area contributed by atoms with Crippen molar-refractivity contribution < 1.29 is 9.90 Å². The summed E-state index contributed by atoms with van der Waals surface area (Å²) in [6.45, 7) is 11.8. The van der Waals surface area contributed by atoms with Gasteiger partial charge in [-0.3, -0.25) is 4.79 Å². The molecule has 3 nitrogen and oxygen atoms in total. The quantitative estimate of drug-likeness (QED) is 0.279. The van der Waals surface area contributed by atoms with Crippen LogP contribution in [0.1, 0.15) is 105 Å². The third kappa shape index (κ3) is 6.12. The highest BCUT2D eigenvalue weighted by atomic mass is 16.4. The molecule has 0 unspecified atom stereocenters. The van der Waals surface area contributed by atoms with E-state index < -0.39 is 5.97 Å². The van der Waals surface area contributed by atoms with Crippen LogP contribution in [0.3, 0.4) is 0 Å². The van der Waals surface area contributed by atoms with Crippen LogP contribution in [0.15, 0.2) is 11.6 Å². The molecule has 0 saturated heterocycles. The maximum absolute atomic E-state index is 11.8. The SMILES string of the molecule is C/C(=C\CCCC#N)[C@H]1CC[C@]2(C)[C@@H]([C@H](C)CCCC(C)C)CC[C@H]2[C@@H]1CC(=O)O. The van der Waals surface area contributed by atoms with Crippen molar-refractivity contribution in [2.24, 2.45) is 40.9 Å². The fourth-order valence-electron chi connectivity index (χ4n) is 7.03. The number of nitrogens with zero attached hydrogens (tertiary/aromatic N) is 1. The monoisotopic (exact) mass is 415 g/mol. The number of aliphatic carboxylic acids is 1. The summed E-state index contributed by atoms with van der Waals surface area (Å²) in [4.78, 5) is 11.8. The Labute approximate surface area is 185 Å². The third-order valence-electron chi connectivity index (χ3n) is 8.59. The van der Waals surface area contributed by atoms with Crippen molar-refractivity contribution in [1.82, 2.24) is 0 Å². The van der Waals surface area contributed by atoms with E-state index in [-0.39, 0.29) is 5.92 Å². The van der Waals surface area contributed by atoms with Gasteiger partial charge in [0.1, 0.15) is 0 Å². The van der Waals surface area contributed by atoms with Crippen molar-refractivity contribution >= 4 is 5.97 Å². The first-order valence-electron chi connectivity index (χ1n) is 12.5. The summed E-state index contributed by atoms with van der Waals surface area (Å²) in [6.07, 6.45) is 13.8. The van der Waals surface area contributed by atoms with Gasteiger partial charge >= 0.3 is 5.97 Å². The zero-order valence-electron chi connectivity index (χ0n) is 20.1. The Balaban J connectivity index is 2.13. The van der Waals surface area contributed by atoms with E-state index in [1.54, 1.807) is 0 Å². The van der Waals surface area contributed by atoms with Crippen LogP contribution in [0, 0.1) is 52.3 Å². The smallest absolute Gasteiger partial charge is 0.303 e. The number of carboxylic acids is 1. The molecular weight excluding hydrogens is 370 g/mol. The Morgan fingerprint density at radius 1 is 1.20 bits per heavy atom. The summed E-state index contributed by atoms with van der Waals surface area (Å²) < 4.78 is 0. The predicted molar refractivity (Wildman–Crippen MR) is 124 cm³/mol. The molecule has 0 amide bonds. The van der Waals surface area contributed by atoms with Gasteiger partial charge in [-0.05, 0) is 86.4 Å². The second-order valence-electron chi connectivity index (χ2n) is 11.0. The lowest BCUT2D eigenvalue weighted by molar-refractivity contribution is -0.140. The summed E-state index contributed by atoms with van der Waals surface area (Å²) in [6, 6.07) is 2.22. The number of allylic oxidation sites excluding steroid dienone is 2. The zero-order chi connectivity index (χ0) is 22.3. The highest BCUT2D eigenvalue weighted by Gasteiger charge is 2.55. The van der Waals surface area contributed by atoms with E-state index in [2.05, 4.69) is 46.8 Å². The maximum Gasteiger partial charge on any atom is 0.303 e. The molecule has 0 aromatic rings. The molecule has 170 valence electrons. The number of nitriles is 1. The Hall–Kier alpha value is -1.30. The molecule has 0 aromatic heterocycles. The molecule has 3 heteroatoms. The van der Waals surface area contributed by atoms with Gasteiger partial charge in [0.2, 0.25) is 0 Å². The predicted octanol–water partition coefficient (Wildman–Crippen LogP) is 7.62. The molecule has 2 aliphatic rings. The van der Waals surface area contributed by atoms with E-state index in [0.29, 0.717) is 30.1 Å². The van der Waals surface area contributed by atoms with Crippen LogP contribution in [-0.2, 0) is 4.79 Å². The molecule has 2 aliphatic carbocycles. The van der Waals surface area contributed by atoms with Crippen molar-refractivity contribution in [2.45, 2.75) is 105 Å². The molecule has 1 N–H and O–H groups in total. The summed E-state index contributed by atoms with van der Waals surface area (Å²) in [5, 5.41) is 18.5. The first kappa shape index (κ1) is 25.0. The summed E-state index contributed by atoms with van der Waals surface area (Å²) >= 11 is 0. The number of rotatable bonds is 11. The normalized spacial score (nSPS) is 32.6. The Morgan fingerprint density at radius 3 is 2.57 bits per heavy atom. The van der Waals surface area contributed by atoms with Gasteiger partial charge in [-0.15, -0.1) is 0 Å². The first-order chi connectivity index (χ1) is 14.2. The summed E-state index contributed by atoms with van der Waals surface area (Å²) in [5.74, 6) is 2.82. The first-order valence-corrected chi connectivity index (χ1v) is 12.5. The number of fused-ring (bicyclic) bond motifs is 1. The van der Waals surface area contributed by atoms with Crippen molar-refractivity contribution in [2.75, 3.05) is 0 Å². The Bertz CT molecular complexity index is 631. The lowest BCUT2D eigenvalue weighted by Crippen LogP contribution is -2.43. The van der Waals surface area contributed by atoms with Gasteiger partial charge in [-0.25, -0.2) is 0 Å². The van der Waals surface area contributed by atoms with Gasteiger partial charge in [0.25, 0.3) is 0 Å². The van der Waals surface area contributed by atoms with Gasteiger partial charge in [-0.1, -0.05) is 58.6 Å². The molecular formula is C27H45NO2.